The second-order valence-corrected chi connectivity index (χ2v) is 5.70. The van der Waals surface area contributed by atoms with E-state index in [-0.39, 0.29) is 5.82 Å². The number of nitrogens with zero attached hydrogens (tertiary/aromatic N) is 1. The fourth-order valence-electron chi connectivity index (χ4n) is 2.83. The second kappa shape index (κ2) is 5.92. The molecule has 0 unspecified atom stereocenters. The second-order valence-electron chi connectivity index (χ2n) is 5.43. The summed E-state index contributed by atoms with van der Waals surface area (Å²) in [5, 5.41) is 0. The van der Waals surface area contributed by atoms with Crippen molar-refractivity contribution in [1.29, 1.82) is 0 Å². The molecule has 0 amide bonds. The van der Waals surface area contributed by atoms with E-state index in [0.29, 0.717) is 11.9 Å². The number of rotatable bonds is 3. The highest BCUT2D eigenvalue weighted by Gasteiger charge is 2.23. The van der Waals surface area contributed by atoms with Gasteiger partial charge in [-0.15, -0.1) is 11.6 Å². The van der Waals surface area contributed by atoms with Gasteiger partial charge in [-0.2, -0.15) is 0 Å². The molecule has 0 heterocycles. The first-order valence-electron chi connectivity index (χ1n) is 6.69. The van der Waals surface area contributed by atoms with Gasteiger partial charge >= 0.3 is 0 Å². The van der Waals surface area contributed by atoms with Crippen LogP contribution in [0.2, 0.25) is 0 Å². The third-order valence-electron chi connectivity index (χ3n) is 4.10. The first-order valence-corrected chi connectivity index (χ1v) is 7.22. The average Bonchev–Trinajstić information content (AvgIpc) is 2.38. The molecule has 0 aromatic heterocycles. The Bertz CT molecular complexity index is 399. The van der Waals surface area contributed by atoms with Crippen molar-refractivity contribution >= 4 is 17.3 Å². The number of hydrogen-bond acceptors (Lipinski definition) is 1. The predicted octanol–water partition coefficient (Wildman–Crippen LogP) is 4.58. The Labute approximate surface area is 114 Å². The Morgan fingerprint density at radius 3 is 2.56 bits per heavy atom. The van der Waals surface area contributed by atoms with Crippen molar-refractivity contribution in [2.75, 3.05) is 11.9 Å². The lowest BCUT2D eigenvalue weighted by molar-refractivity contribution is 0.340. The van der Waals surface area contributed by atoms with Gasteiger partial charge < -0.3 is 4.90 Å². The van der Waals surface area contributed by atoms with Crippen LogP contribution in [-0.4, -0.2) is 13.1 Å². The summed E-state index contributed by atoms with van der Waals surface area (Å²) < 4.78 is 13.2. The molecule has 1 aromatic carbocycles. The lowest BCUT2D eigenvalue weighted by atomic mass is 9.86. The van der Waals surface area contributed by atoms with Gasteiger partial charge in [0.2, 0.25) is 0 Å². The molecular formula is C15H21ClFN. The molecule has 0 spiro atoms. The van der Waals surface area contributed by atoms with Crippen molar-refractivity contribution in [3.8, 4) is 0 Å². The minimum absolute atomic E-state index is 0.208. The van der Waals surface area contributed by atoms with Crippen molar-refractivity contribution in [2.45, 2.75) is 44.5 Å². The van der Waals surface area contributed by atoms with Gasteiger partial charge in [0.05, 0.1) is 0 Å². The normalized spacial score (nSPS) is 24.0. The highest BCUT2D eigenvalue weighted by atomic mass is 35.5. The van der Waals surface area contributed by atoms with Gasteiger partial charge in [0.15, 0.2) is 0 Å². The zero-order valence-electron chi connectivity index (χ0n) is 11.1. The third kappa shape index (κ3) is 2.97. The van der Waals surface area contributed by atoms with Gasteiger partial charge in [0, 0.05) is 24.7 Å². The van der Waals surface area contributed by atoms with Crippen LogP contribution in [0.4, 0.5) is 10.1 Å². The van der Waals surface area contributed by atoms with Crippen LogP contribution in [0, 0.1) is 11.7 Å². The summed E-state index contributed by atoms with van der Waals surface area (Å²) in [7, 11) is 2.10. The zero-order chi connectivity index (χ0) is 13.1. The first-order chi connectivity index (χ1) is 8.61. The number of halogens is 2. The minimum atomic E-state index is -0.208. The van der Waals surface area contributed by atoms with Crippen molar-refractivity contribution in [1.82, 2.24) is 0 Å². The molecule has 0 saturated heterocycles. The summed E-state index contributed by atoms with van der Waals surface area (Å²) in [6.45, 7) is 2.32. The van der Waals surface area contributed by atoms with Crippen LogP contribution in [0.25, 0.3) is 0 Å². The van der Waals surface area contributed by atoms with Crippen LogP contribution in [0.3, 0.4) is 0 Å². The molecule has 3 heteroatoms. The Balaban J connectivity index is 2.15. The molecule has 1 fully saturated rings. The standard InChI is InChI=1S/C15H21ClFN/c1-11-3-6-14(7-4-11)18(2)15-8-5-13(17)9-12(15)10-16/h5,8-9,11,14H,3-4,6-7,10H2,1-2H3. The summed E-state index contributed by atoms with van der Waals surface area (Å²) in [5.41, 5.74) is 1.96. The quantitative estimate of drug-likeness (QED) is 0.726. The maximum atomic E-state index is 13.2. The highest BCUT2D eigenvalue weighted by molar-refractivity contribution is 6.17. The topological polar surface area (TPSA) is 3.24 Å². The number of hydrogen-bond donors (Lipinski definition) is 0. The van der Waals surface area contributed by atoms with E-state index >= 15 is 0 Å². The molecule has 1 aliphatic carbocycles. The molecule has 2 rings (SSSR count). The summed E-state index contributed by atoms with van der Waals surface area (Å²) >= 11 is 5.92. The molecule has 100 valence electrons. The van der Waals surface area contributed by atoms with Gasteiger partial charge in [-0.3, -0.25) is 0 Å². The highest BCUT2D eigenvalue weighted by Crippen LogP contribution is 2.31. The molecular weight excluding hydrogens is 249 g/mol. The average molecular weight is 270 g/mol. The van der Waals surface area contributed by atoms with Gasteiger partial charge in [-0.1, -0.05) is 6.92 Å². The van der Waals surface area contributed by atoms with E-state index in [1.807, 2.05) is 6.07 Å². The molecule has 0 N–H and O–H groups in total. The minimum Gasteiger partial charge on any atom is -0.371 e. The molecule has 1 nitrogen and oxygen atoms in total. The summed E-state index contributed by atoms with van der Waals surface area (Å²) in [6, 6.07) is 5.48. The van der Waals surface area contributed by atoms with Crippen LogP contribution in [0.5, 0.6) is 0 Å². The van der Waals surface area contributed by atoms with Gasteiger partial charge in [0.1, 0.15) is 5.82 Å². The van der Waals surface area contributed by atoms with Gasteiger partial charge in [-0.25, -0.2) is 4.39 Å². The molecule has 18 heavy (non-hydrogen) atoms. The van der Waals surface area contributed by atoms with Crippen LogP contribution < -0.4 is 4.90 Å². The van der Waals surface area contributed by atoms with E-state index < -0.39 is 0 Å². The van der Waals surface area contributed by atoms with Crippen LogP contribution in [0.15, 0.2) is 18.2 Å². The fraction of sp³-hybridized carbons (Fsp3) is 0.600. The van der Waals surface area contributed by atoms with E-state index in [1.54, 1.807) is 6.07 Å². The molecule has 1 saturated carbocycles. The van der Waals surface area contributed by atoms with Crippen molar-refractivity contribution in [3.63, 3.8) is 0 Å². The van der Waals surface area contributed by atoms with E-state index in [1.165, 1.54) is 31.7 Å². The maximum Gasteiger partial charge on any atom is 0.123 e. The monoisotopic (exact) mass is 269 g/mol. The predicted molar refractivity (Wildman–Crippen MR) is 75.8 cm³/mol. The van der Waals surface area contributed by atoms with Crippen LogP contribution >= 0.6 is 11.6 Å². The Morgan fingerprint density at radius 1 is 1.28 bits per heavy atom. The van der Waals surface area contributed by atoms with Gasteiger partial charge in [0.25, 0.3) is 0 Å². The fourth-order valence-corrected chi connectivity index (χ4v) is 3.05. The summed E-state index contributed by atoms with van der Waals surface area (Å²) in [4.78, 5) is 2.28. The van der Waals surface area contributed by atoms with Crippen LogP contribution in [0.1, 0.15) is 38.2 Å². The van der Waals surface area contributed by atoms with E-state index in [2.05, 4.69) is 18.9 Å². The molecule has 0 aliphatic heterocycles. The molecule has 0 radical (unpaired) electrons. The third-order valence-corrected chi connectivity index (χ3v) is 4.39. The molecule has 1 aromatic rings. The largest absolute Gasteiger partial charge is 0.371 e. The lowest BCUT2D eigenvalue weighted by Gasteiger charge is -2.36. The van der Waals surface area contributed by atoms with Crippen molar-refractivity contribution in [2.24, 2.45) is 5.92 Å². The Morgan fingerprint density at radius 2 is 1.94 bits per heavy atom. The Kier molecular flexibility index (Phi) is 4.50. The zero-order valence-corrected chi connectivity index (χ0v) is 11.9. The SMILES string of the molecule is CC1CCC(N(C)c2ccc(F)cc2CCl)CC1. The summed E-state index contributed by atoms with van der Waals surface area (Å²) in [5.74, 6) is 0.996. The number of anilines is 1. The van der Waals surface area contributed by atoms with E-state index in [0.717, 1.165) is 17.2 Å². The van der Waals surface area contributed by atoms with Crippen LogP contribution in [-0.2, 0) is 5.88 Å². The van der Waals surface area contributed by atoms with E-state index in [9.17, 15) is 4.39 Å². The maximum absolute atomic E-state index is 13.2. The first kappa shape index (κ1) is 13.7. The van der Waals surface area contributed by atoms with Gasteiger partial charge in [-0.05, 0) is 55.4 Å². The number of benzene rings is 1. The smallest absolute Gasteiger partial charge is 0.123 e. The van der Waals surface area contributed by atoms with Crippen molar-refractivity contribution in [3.05, 3.63) is 29.6 Å². The molecule has 0 atom stereocenters. The number of alkyl halides is 1. The molecule has 0 bridgehead atoms. The molecule has 1 aliphatic rings. The summed E-state index contributed by atoms with van der Waals surface area (Å²) in [6.07, 6.45) is 5.01. The van der Waals surface area contributed by atoms with Crippen molar-refractivity contribution < 1.29 is 4.39 Å². The van der Waals surface area contributed by atoms with E-state index in [4.69, 9.17) is 11.6 Å². The Hall–Kier alpha value is -0.760. The lowest BCUT2D eigenvalue weighted by Crippen LogP contribution is -2.35.